The molecule has 2 unspecified atom stereocenters. The zero-order valence-corrected chi connectivity index (χ0v) is 14.4. The van der Waals surface area contributed by atoms with Crippen molar-refractivity contribution in [2.75, 3.05) is 5.75 Å². The molecule has 3 rings (SSSR count). The zero-order chi connectivity index (χ0) is 16.9. The first kappa shape index (κ1) is 17.1. The lowest BCUT2D eigenvalue weighted by molar-refractivity contribution is 0.303. The molecule has 1 aromatic rings. The Labute approximate surface area is 145 Å². The summed E-state index contributed by atoms with van der Waals surface area (Å²) in [5.41, 5.74) is 2.55. The van der Waals surface area contributed by atoms with Gasteiger partial charge in [-0.25, -0.2) is 0 Å². The van der Waals surface area contributed by atoms with Crippen molar-refractivity contribution in [1.82, 2.24) is 0 Å². The summed E-state index contributed by atoms with van der Waals surface area (Å²) in [6.45, 7) is 0. The Hall–Kier alpha value is -1.72. The number of allylic oxidation sites excluding steroid dienone is 4. The minimum Gasteiger partial charge on any atom is -0.772 e. The summed E-state index contributed by atoms with van der Waals surface area (Å²) in [5.74, 6) is 1.31. The molecule has 2 atom stereocenters. The van der Waals surface area contributed by atoms with Crippen LogP contribution in [0.5, 0.6) is 5.75 Å². The van der Waals surface area contributed by atoms with Crippen LogP contribution in [-0.4, -0.2) is 26.3 Å². The van der Waals surface area contributed by atoms with Crippen molar-refractivity contribution >= 4 is 22.4 Å². The number of rotatable bonds is 7. The van der Waals surface area contributed by atoms with Gasteiger partial charge in [0.1, 0.15) is 5.75 Å². The van der Waals surface area contributed by atoms with Crippen LogP contribution in [0.25, 0.3) is 5.57 Å². The second-order valence-corrected chi connectivity index (χ2v) is 7.42. The third kappa shape index (κ3) is 4.89. The van der Waals surface area contributed by atoms with Crippen molar-refractivity contribution in [3.05, 3.63) is 48.1 Å². The standard InChI is InChI=1S/C19H23NO3S/c20-19-13-14(4-2-12-24(21)22)3-1-5-18(19)15-6-8-16(9-7-15)23-17-10-11-17/h1,3,5-9,14,17,20H,2,4,10-13H2,(H,21,22)/p-1. The summed E-state index contributed by atoms with van der Waals surface area (Å²) in [7, 11) is 0. The molecule has 1 N–H and O–H groups in total. The summed E-state index contributed by atoms with van der Waals surface area (Å²) < 4.78 is 27.0. The second-order valence-electron chi connectivity index (χ2n) is 6.40. The van der Waals surface area contributed by atoms with Gasteiger partial charge in [-0.3, -0.25) is 4.21 Å². The number of ether oxygens (including phenoxy) is 1. The highest BCUT2D eigenvalue weighted by Gasteiger charge is 2.23. The molecule has 0 bridgehead atoms. The molecule has 0 saturated heterocycles. The first-order chi connectivity index (χ1) is 11.6. The molecule has 0 amide bonds. The molecule has 0 heterocycles. The van der Waals surface area contributed by atoms with Gasteiger partial charge in [0.15, 0.2) is 0 Å². The maximum atomic E-state index is 10.6. The molecular weight excluding hydrogens is 322 g/mol. The van der Waals surface area contributed by atoms with E-state index in [-0.39, 0.29) is 11.7 Å². The van der Waals surface area contributed by atoms with Crippen LogP contribution in [0.15, 0.2) is 42.5 Å². The van der Waals surface area contributed by atoms with Crippen LogP contribution < -0.4 is 4.74 Å². The van der Waals surface area contributed by atoms with Crippen molar-refractivity contribution in [3.63, 3.8) is 0 Å². The Bertz CT molecular complexity index is 674. The Kier molecular flexibility index (Phi) is 5.63. The maximum Gasteiger partial charge on any atom is 0.119 e. The van der Waals surface area contributed by atoms with Crippen molar-refractivity contribution < 1.29 is 13.5 Å². The Morgan fingerprint density at radius 2 is 2.00 bits per heavy atom. The van der Waals surface area contributed by atoms with Gasteiger partial charge in [0.05, 0.1) is 6.10 Å². The summed E-state index contributed by atoms with van der Waals surface area (Å²) in [5, 5.41) is 8.39. The summed E-state index contributed by atoms with van der Waals surface area (Å²) in [4.78, 5) is 0. The molecular formula is C19H22NO3S-. The molecule has 2 aliphatic carbocycles. The predicted molar refractivity (Wildman–Crippen MR) is 96.1 cm³/mol. The first-order valence-electron chi connectivity index (χ1n) is 8.41. The summed E-state index contributed by atoms with van der Waals surface area (Å²) in [6, 6.07) is 7.95. The fraction of sp³-hybridized carbons (Fsp3) is 0.421. The highest BCUT2D eigenvalue weighted by molar-refractivity contribution is 7.79. The minimum atomic E-state index is -1.97. The second kappa shape index (κ2) is 7.90. The topological polar surface area (TPSA) is 73.2 Å². The van der Waals surface area contributed by atoms with Crippen LogP contribution in [-0.2, 0) is 11.1 Å². The quantitative estimate of drug-likeness (QED) is 0.763. The van der Waals surface area contributed by atoms with Gasteiger partial charge in [-0.2, -0.15) is 0 Å². The SMILES string of the molecule is N=C1CC(CCCS(=O)[O-])C=CC=C1c1ccc(OC2CC2)cc1. The van der Waals surface area contributed by atoms with E-state index in [1.807, 2.05) is 36.4 Å². The zero-order valence-electron chi connectivity index (χ0n) is 13.6. The summed E-state index contributed by atoms with van der Waals surface area (Å²) in [6.07, 6.45) is 10.8. The van der Waals surface area contributed by atoms with Gasteiger partial charge in [0.2, 0.25) is 0 Å². The van der Waals surface area contributed by atoms with Crippen LogP contribution in [0, 0.1) is 11.3 Å². The minimum absolute atomic E-state index is 0.195. The lowest BCUT2D eigenvalue weighted by Crippen LogP contribution is -2.08. The van der Waals surface area contributed by atoms with E-state index >= 15 is 0 Å². The van der Waals surface area contributed by atoms with E-state index in [2.05, 4.69) is 6.08 Å². The molecule has 0 aliphatic heterocycles. The van der Waals surface area contributed by atoms with Gasteiger partial charge < -0.3 is 14.7 Å². The van der Waals surface area contributed by atoms with Crippen LogP contribution in [0.3, 0.4) is 0 Å². The largest absolute Gasteiger partial charge is 0.772 e. The van der Waals surface area contributed by atoms with Gasteiger partial charge in [0.25, 0.3) is 0 Å². The molecule has 0 radical (unpaired) electrons. The Balaban J connectivity index is 1.60. The normalized spacial score (nSPS) is 22.0. The molecule has 1 saturated carbocycles. The van der Waals surface area contributed by atoms with E-state index in [9.17, 15) is 8.76 Å². The first-order valence-corrected chi connectivity index (χ1v) is 9.65. The van der Waals surface area contributed by atoms with Crippen LogP contribution in [0.1, 0.15) is 37.7 Å². The Morgan fingerprint density at radius 3 is 2.67 bits per heavy atom. The highest BCUT2D eigenvalue weighted by Crippen LogP contribution is 2.29. The average molecular weight is 344 g/mol. The maximum absolute atomic E-state index is 10.6. The van der Waals surface area contributed by atoms with E-state index in [0.717, 1.165) is 36.1 Å². The number of hydrogen-bond donors (Lipinski definition) is 1. The van der Waals surface area contributed by atoms with Crippen molar-refractivity contribution in [2.45, 2.75) is 38.2 Å². The van der Waals surface area contributed by atoms with Crippen molar-refractivity contribution in [1.29, 1.82) is 5.41 Å². The molecule has 5 heteroatoms. The smallest absolute Gasteiger partial charge is 0.119 e. The van der Waals surface area contributed by atoms with E-state index < -0.39 is 11.1 Å². The molecule has 1 aromatic carbocycles. The summed E-state index contributed by atoms with van der Waals surface area (Å²) >= 11 is -1.97. The monoisotopic (exact) mass is 344 g/mol. The molecule has 0 spiro atoms. The molecule has 0 aromatic heterocycles. The fourth-order valence-electron chi connectivity index (χ4n) is 2.87. The highest BCUT2D eigenvalue weighted by atomic mass is 32.2. The van der Waals surface area contributed by atoms with Gasteiger partial charge in [0, 0.05) is 17.0 Å². The predicted octanol–water partition coefficient (Wildman–Crippen LogP) is 3.87. The van der Waals surface area contributed by atoms with Gasteiger partial charge >= 0.3 is 0 Å². The lowest BCUT2D eigenvalue weighted by Gasteiger charge is -2.14. The Morgan fingerprint density at radius 1 is 1.25 bits per heavy atom. The third-order valence-electron chi connectivity index (χ3n) is 4.32. The lowest BCUT2D eigenvalue weighted by atomic mass is 9.93. The number of hydrogen-bond acceptors (Lipinski definition) is 4. The molecule has 2 aliphatic rings. The molecule has 128 valence electrons. The van der Waals surface area contributed by atoms with Gasteiger partial charge in [-0.05, 0) is 55.7 Å². The van der Waals surface area contributed by atoms with Crippen LogP contribution in [0.2, 0.25) is 0 Å². The van der Waals surface area contributed by atoms with Crippen LogP contribution >= 0.6 is 0 Å². The van der Waals surface area contributed by atoms with E-state index in [4.69, 9.17) is 10.1 Å². The number of benzene rings is 1. The molecule has 1 fully saturated rings. The van der Waals surface area contributed by atoms with Crippen molar-refractivity contribution in [2.24, 2.45) is 5.92 Å². The molecule has 4 nitrogen and oxygen atoms in total. The average Bonchev–Trinajstić information content (AvgIpc) is 3.36. The van der Waals surface area contributed by atoms with E-state index in [1.54, 1.807) is 0 Å². The third-order valence-corrected chi connectivity index (χ3v) is 4.94. The van der Waals surface area contributed by atoms with E-state index in [0.29, 0.717) is 24.7 Å². The van der Waals surface area contributed by atoms with Crippen molar-refractivity contribution in [3.8, 4) is 5.75 Å². The van der Waals surface area contributed by atoms with Crippen LogP contribution in [0.4, 0.5) is 0 Å². The van der Waals surface area contributed by atoms with Gasteiger partial charge in [-0.1, -0.05) is 41.4 Å². The van der Waals surface area contributed by atoms with E-state index in [1.165, 1.54) is 0 Å². The fourth-order valence-corrected chi connectivity index (χ4v) is 3.28. The number of nitrogens with one attached hydrogen (secondary N) is 1. The van der Waals surface area contributed by atoms with Gasteiger partial charge in [-0.15, -0.1) is 0 Å². The molecule has 24 heavy (non-hydrogen) atoms.